The highest BCUT2D eigenvalue weighted by Gasteiger charge is 2.30. The molecule has 0 saturated carbocycles. The van der Waals surface area contributed by atoms with Gasteiger partial charge in [0.05, 0.1) is 6.10 Å². The highest BCUT2D eigenvalue weighted by Crippen LogP contribution is 2.34. The number of aliphatic imine (C=N–C) groups is 1. The summed E-state index contributed by atoms with van der Waals surface area (Å²) in [7, 11) is 1.88. The Hall–Kier alpha value is -2.04. The molecule has 7 nitrogen and oxygen atoms in total. The normalized spacial score (nSPS) is 22.8. The molecule has 8 heteroatoms. The van der Waals surface area contributed by atoms with Gasteiger partial charge in [0.1, 0.15) is 0 Å². The fourth-order valence-electron chi connectivity index (χ4n) is 4.82. The summed E-state index contributed by atoms with van der Waals surface area (Å²) >= 11 is 0. The topological polar surface area (TPSA) is 58.6 Å². The maximum Gasteiger partial charge on any atom is 0.231 e. The molecule has 3 heterocycles. The number of rotatable bonds is 5. The number of fused-ring (bicyclic) bond motifs is 1. The number of hydrogen-bond donors (Lipinski definition) is 1. The van der Waals surface area contributed by atoms with E-state index in [1.807, 2.05) is 13.1 Å². The smallest absolute Gasteiger partial charge is 0.231 e. The summed E-state index contributed by atoms with van der Waals surface area (Å²) in [5, 5.41) is 3.62. The van der Waals surface area contributed by atoms with E-state index in [0.29, 0.717) is 12.7 Å². The predicted molar refractivity (Wildman–Crippen MR) is 139 cm³/mol. The van der Waals surface area contributed by atoms with E-state index in [-0.39, 0.29) is 30.1 Å². The van der Waals surface area contributed by atoms with Crippen molar-refractivity contribution in [2.45, 2.75) is 19.1 Å². The van der Waals surface area contributed by atoms with Crippen molar-refractivity contribution in [3.05, 3.63) is 59.7 Å². The quantitative estimate of drug-likeness (QED) is 0.341. The Balaban J connectivity index is 0.00000259. The van der Waals surface area contributed by atoms with Crippen molar-refractivity contribution in [3.8, 4) is 11.5 Å². The molecule has 2 atom stereocenters. The number of ether oxygens (including phenoxy) is 3. The first-order chi connectivity index (χ1) is 15.8. The molecule has 2 aromatic carbocycles. The van der Waals surface area contributed by atoms with E-state index in [9.17, 15) is 0 Å². The zero-order valence-electron chi connectivity index (χ0n) is 19.1. The van der Waals surface area contributed by atoms with Crippen LogP contribution in [0.2, 0.25) is 0 Å². The number of benzene rings is 2. The summed E-state index contributed by atoms with van der Waals surface area (Å²) in [6.07, 6.45) is 1.24. The van der Waals surface area contributed by atoms with Crippen molar-refractivity contribution in [2.24, 2.45) is 10.9 Å². The first-order valence-corrected chi connectivity index (χ1v) is 11.5. The van der Waals surface area contributed by atoms with Crippen molar-refractivity contribution in [3.63, 3.8) is 0 Å². The van der Waals surface area contributed by atoms with Crippen LogP contribution in [0.25, 0.3) is 0 Å². The van der Waals surface area contributed by atoms with Gasteiger partial charge in [-0.05, 0) is 29.7 Å². The van der Waals surface area contributed by atoms with Crippen LogP contribution in [-0.2, 0) is 11.3 Å². The summed E-state index contributed by atoms with van der Waals surface area (Å²) in [6.45, 7) is 6.90. The van der Waals surface area contributed by atoms with Gasteiger partial charge in [-0.1, -0.05) is 36.4 Å². The van der Waals surface area contributed by atoms with Crippen molar-refractivity contribution >= 4 is 29.9 Å². The summed E-state index contributed by atoms with van der Waals surface area (Å²) in [4.78, 5) is 9.41. The van der Waals surface area contributed by atoms with E-state index >= 15 is 0 Å². The van der Waals surface area contributed by atoms with Crippen LogP contribution in [0.3, 0.4) is 0 Å². The molecule has 178 valence electrons. The minimum absolute atomic E-state index is 0. The second kappa shape index (κ2) is 11.4. The maximum atomic E-state index is 6.04. The third kappa shape index (κ3) is 5.73. The first kappa shape index (κ1) is 24.1. The van der Waals surface area contributed by atoms with Gasteiger partial charge < -0.3 is 24.4 Å². The van der Waals surface area contributed by atoms with Crippen molar-refractivity contribution in [1.82, 2.24) is 15.1 Å². The average molecular weight is 564 g/mol. The molecule has 0 radical (unpaired) electrons. The Morgan fingerprint density at radius 1 is 1.03 bits per heavy atom. The van der Waals surface area contributed by atoms with E-state index in [4.69, 9.17) is 14.2 Å². The van der Waals surface area contributed by atoms with Gasteiger partial charge in [-0.3, -0.25) is 9.89 Å². The summed E-state index contributed by atoms with van der Waals surface area (Å²) in [5.74, 6) is 3.15. The molecular weight excluding hydrogens is 531 g/mol. The van der Waals surface area contributed by atoms with Gasteiger partial charge in [0.2, 0.25) is 6.79 Å². The molecule has 0 bridgehead atoms. The molecule has 0 amide bonds. The van der Waals surface area contributed by atoms with Crippen LogP contribution in [0.5, 0.6) is 11.5 Å². The molecular formula is C25H33IN4O3. The predicted octanol–water partition coefficient (Wildman–Crippen LogP) is 3.50. The Morgan fingerprint density at radius 2 is 1.82 bits per heavy atom. The largest absolute Gasteiger partial charge is 0.454 e. The van der Waals surface area contributed by atoms with Gasteiger partial charge >= 0.3 is 0 Å². The highest BCUT2D eigenvalue weighted by molar-refractivity contribution is 14.0. The zero-order chi connectivity index (χ0) is 21.8. The van der Waals surface area contributed by atoms with Gasteiger partial charge in [-0.25, -0.2) is 0 Å². The third-order valence-corrected chi connectivity index (χ3v) is 6.59. The molecule has 3 aliphatic heterocycles. The zero-order valence-corrected chi connectivity index (χ0v) is 21.4. The highest BCUT2D eigenvalue weighted by atomic mass is 127. The van der Waals surface area contributed by atoms with Gasteiger partial charge in [0.15, 0.2) is 17.5 Å². The van der Waals surface area contributed by atoms with Crippen LogP contribution in [0.15, 0.2) is 53.5 Å². The van der Waals surface area contributed by atoms with Crippen LogP contribution < -0.4 is 14.8 Å². The summed E-state index contributed by atoms with van der Waals surface area (Å²) in [6, 6.07) is 16.8. The van der Waals surface area contributed by atoms with Gasteiger partial charge in [0.25, 0.3) is 0 Å². The van der Waals surface area contributed by atoms with Crippen LogP contribution >= 0.6 is 24.0 Å². The molecule has 33 heavy (non-hydrogen) atoms. The number of guanidine groups is 1. The van der Waals surface area contributed by atoms with Crippen LogP contribution in [0.1, 0.15) is 23.7 Å². The number of nitrogens with zero attached hydrogens (tertiary/aromatic N) is 3. The molecule has 0 aromatic heterocycles. The molecule has 1 N–H and O–H groups in total. The van der Waals surface area contributed by atoms with E-state index in [0.717, 1.165) is 69.8 Å². The second-order valence-electron chi connectivity index (χ2n) is 8.63. The molecule has 5 rings (SSSR count). The number of hydrogen-bond acceptors (Lipinski definition) is 5. The standard InChI is InChI=1S/C25H32N4O3.HI/c1-26-25(27-16-21-9-14-30-24(21)20-5-3-2-4-6-20)29-12-10-28(11-13-29)17-19-7-8-22-23(15-19)32-18-31-22;/h2-8,15,21,24H,9-14,16-18H2,1H3,(H,26,27);1H. The van der Waals surface area contributed by atoms with Gasteiger partial charge in [-0.15, -0.1) is 24.0 Å². The van der Waals surface area contributed by atoms with E-state index < -0.39 is 0 Å². The lowest BCUT2D eigenvalue weighted by Gasteiger charge is -2.37. The van der Waals surface area contributed by atoms with Crippen molar-refractivity contribution < 1.29 is 14.2 Å². The van der Waals surface area contributed by atoms with Gasteiger partial charge in [0, 0.05) is 58.8 Å². The van der Waals surface area contributed by atoms with Crippen molar-refractivity contribution in [1.29, 1.82) is 0 Å². The molecule has 3 aliphatic rings. The second-order valence-corrected chi connectivity index (χ2v) is 8.63. The minimum atomic E-state index is 0. The lowest BCUT2D eigenvalue weighted by molar-refractivity contribution is 0.0912. The monoisotopic (exact) mass is 564 g/mol. The molecule has 2 fully saturated rings. The summed E-state index contributed by atoms with van der Waals surface area (Å²) < 4.78 is 17.0. The maximum absolute atomic E-state index is 6.04. The molecule has 0 aliphatic carbocycles. The lowest BCUT2D eigenvalue weighted by Crippen LogP contribution is -2.52. The average Bonchev–Trinajstić information content (AvgIpc) is 3.50. The van der Waals surface area contributed by atoms with Crippen molar-refractivity contribution in [2.75, 3.05) is 53.2 Å². The Kier molecular flexibility index (Phi) is 8.32. The Morgan fingerprint density at radius 3 is 2.61 bits per heavy atom. The molecule has 2 aromatic rings. The van der Waals surface area contributed by atoms with Crippen LogP contribution in [0, 0.1) is 5.92 Å². The third-order valence-electron chi connectivity index (χ3n) is 6.59. The van der Waals surface area contributed by atoms with E-state index in [1.165, 1.54) is 11.1 Å². The van der Waals surface area contributed by atoms with Crippen LogP contribution in [-0.4, -0.2) is 68.9 Å². The fourth-order valence-corrected chi connectivity index (χ4v) is 4.82. The minimum Gasteiger partial charge on any atom is -0.454 e. The van der Waals surface area contributed by atoms with E-state index in [1.54, 1.807) is 0 Å². The fraction of sp³-hybridized carbons (Fsp3) is 0.480. The SMILES string of the molecule is CN=C(NCC1CCOC1c1ccccc1)N1CCN(Cc2ccc3c(c2)OCO3)CC1.I. The Labute approximate surface area is 213 Å². The lowest BCUT2D eigenvalue weighted by atomic mass is 9.95. The number of halogens is 1. The van der Waals surface area contributed by atoms with Crippen LogP contribution in [0.4, 0.5) is 0 Å². The van der Waals surface area contributed by atoms with E-state index in [2.05, 4.69) is 62.6 Å². The molecule has 0 spiro atoms. The number of piperazine rings is 1. The van der Waals surface area contributed by atoms with Gasteiger partial charge in [-0.2, -0.15) is 0 Å². The molecule has 2 saturated heterocycles. The molecule has 2 unspecified atom stereocenters. The summed E-state index contributed by atoms with van der Waals surface area (Å²) in [5.41, 5.74) is 2.53. The first-order valence-electron chi connectivity index (χ1n) is 11.5. The number of nitrogens with one attached hydrogen (secondary N) is 1. The Bertz CT molecular complexity index is 935.